The van der Waals surface area contributed by atoms with Crippen molar-refractivity contribution in [2.75, 3.05) is 39.0 Å². The van der Waals surface area contributed by atoms with Crippen molar-refractivity contribution in [3.63, 3.8) is 0 Å². The molecule has 6 nitrogen and oxygen atoms in total. The number of furan rings is 1. The Morgan fingerprint density at radius 3 is 2.90 bits per heavy atom. The van der Waals surface area contributed by atoms with Crippen LogP contribution in [0, 0.1) is 11.3 Å². The summed E-state index contributed by atoms with van der Waals surface area (Å²) in [5.41, 5.74) is -0.275. The van der Waals surface area contributed by atoms with Crippen molar-refractivity contribution in [1.29, 1.82) is 0 Å². The number of hydrogen-bond donors (Lipinski definition) is 1. The van der Waals surface area contributed by atoms with Crippen LogP contribution >= 0.6 is 0 Å². The molecule has 1 aromatic rings. The smallest absolute Gasteiger partial charge is 0.211 e. The molecule has 2 unspecified atom stereocenters. The lowest BCUT2D eigenvalue weighted by Gasteiger charge is -2.42. The van der Waals surface area contributed by atoms with Gasteiger partial charge < -0.3 is 9.52 Å². The Bertz CT molecular complexity index is 586. The molecule has 0 amide bonds. The third-order valence-corrected chi connectivity index (χ3v) is 6.15. The van der Waals surface area contributed by atoms with Crippen molar-refractivity contribution in [3.8, 4) is 0 Å². The SMILES string of the molecule is CS(=O)(=O)N1CC2CN(Cc3ccco3)CCC2(CO)C1. The van der Waals surface area contributed by atoms with Crippen molar-refractivity contribution in [1.82, 2.24) is 9.21 Å². The highest BCUT2D eigenvalue weighted by Gasteiger charge is 2.51. The second-order valence-corrected chi connectivity index (χ2v) is 8.32. The second kappa shape index (κ2) is 5.39. The Kier molecular flexibility index (Phi) is 3.85. The molecule has 0 aliphatic carbocycles. The van der Waals surface area contributed by atoms with Gasteiger partial charge in [-0.2, -0.15) is 0 Å². The third-order valence-electron chi connectivity index (χ3n) is 4.93. The number of aliphatic hydroxyl groups is 1. The molecule has 1 N–H and O–H groups in total. The van der Waals surface area contributed by atoms with Gasteiger partial charge in [-0.3, -0.25) is 4.90 Å². The number of rotatable bonds is 4. The number of nitrogens with zero attached hydrogens (tertiary/aromatic N) is 2. The Labute approximate surface area is 125 Å². The highest BCUT2D eigenvalue weighted by atomic mass is 32.2. The first-order valence-corrected chi connectivity index (χ1v) is 9.08. The molecule has 3 heterocycles. The normalized spacial score (nSPS) is 31.4. The number of aliphatic hydroxyl groups excluding tert-OH is 1. The van der Waals surface area contributed by atoms with E-state index in [1.807, 2.05) is 12.1 Å². The maximum absolute atomic E-state index is 11.8. The predicted octanol–water partition coefficient (Wildman–Crippen LogP) is 0.355. The summed E-state index contributed by atoms with van der Waals surface area (Å²) in [6.07, 6.45) is 3.73. The van der Waals surface area contributed by atoms with Gasteiger partial charge in [-0.05, 0) is 31.0 Å². The molecule has 1 aromatic heterocycles. The van der Waals surface area contributed by atoms with Crippen molar-refractivity contribution < 1.29 is 17.9 Å². The zero-order chi connectivity index (χ0) is 15.1. The van der Waals surface area contributed by atoms with E-state index in [0.29, 0.717) is 13.1 Å². The van der Waals surface area contributed by atoms with Crippen molar-refractivity contribution in [2.45, 2.75) is 13.0 Å². The van der Waals surface area contributed by atoms with Crippen LogP contribution in [0.1, 0.15) is 12.2 Å². The van der Waals surface area contributed by atoms with Crippen LogP contribution in [-0.4, -0.2) is 61.8 Å². The summed E-state index contributed by atoms with van der Waals surface area (Å²) < 4.78 is 30.5. The molecule has 0 saturated carbocycles. The molecule has 2 atom stereocenters. The van der Waals surface area contributed by atoms with Crippen molar-refractivity contribution >= 4 is 10.0 Å². The number of likely N-dealkylation sites (tertiary alicyclic amines) is 1. The Balaban J connectivity index is 1.72. The number of piperidine rings is 1. The lowest BCUT2D eigenvalue weighted by Crippen LogP contribution is -2.48. The molecule has 2 aliphatic rings. The predicted molar refractivity (Wildman–Crippen MR) is 78.0 cm³/mol. The van der Waals surface area contributed by atoms with Gasteiger partial charge in [-0.1, -0.05) is 0 Å². The van der Waals surface area contributed by atoms with E-state index in [9.17, 15) is 13.5 Å². The van der Waals surface area contributed by atoms with Crippen molar-refractivity contribution in [3.05, 3.63) is 24.2 Å². The fraction of sp³-hybridized carbons (Fsp3) is 0.714. The molecular weight excluding hydrogens is 292 g/mol. The standard InChI is InChI=1S/C14H22N2O4S/c1-21(18,19)16-8-12-7-15(9-13-3-2-6-20-13)5-4-14(12,10-16)11-17/h2-3,6,12,17H,4-5,7-11H2,1H3. The highest BCUT2D eigenvalue weighted by molar-refractivity contribution is 7.88. The van der Waals surface area contributed by atoms with E-state index in [1.165, 1.54) is 10.6 Å². The van der Waals surface area contributed by atoms with E-state index >= 15 is 0 Å². The number of sulfonamides is 1. The van der Waals surface area contributed by atoms with E-state index in [4.69, 9.17) is 4.42 Å². The molecule has 0 spiro atoms. The summed E-state index contributed by atoms with van der Waals surface area (Å²) in [7, 11) is -3.19. The highest BCUT2D eigenvalue weighted by Crippen LogP contribution is 2.43. The first-order valence-electron chi connectivity index (χ1n) is 7.24. The lowest BCUT2D eigenvalue weighted by atomic mass is 9.73. The molecule has 2 saturated heterocycles. The summed E-state index contributed by atoms with van der Waals surface area (Å²) in [6, 6.07) is 3.82. The quantitative estimate of drug-likeness (QED) is 0.868. The summed E-state index contributed by atoms with van der Waals surface area (Å²) in [4.78, 5) is 2.28. The van der Waals surface area contributed by atoms with Crippen LogP contribution in [0.5, 0.6) is 0 Å². The van der Waals surface area contributed by atoms with Crippen LogP contribution in [-0.2, 0) is 16.6 Å². The molecular formula is C14H22N2O4S. The van der Waals surface area contributed by atoms with E-state index in [0.717, 1.165) is 31.8 Å². The number of hydrogen-bond acceptors (Lipinski definition) is 5. The third kappa shape index (κ3) is 2.88. The zero-order valence-electron chi connectivity index (χ0n) is 12.2. The van der Waals surface area contributed by atoms with Gasteiger partial charge in [-0.25, -0.2) is 12.7 Å². The van der Waals surface area contributed by atoms with E-state index in [2.05, 4.69) is 4.90 Å². The fourth-order valence-corrected chi connectivity index (χ4v) is 4.52. The van der Waals surface area contributed by atoms with Crippen LogP contribution in [0.4, 0.5) is 0 Å². The maximum Gasteiger partial charge on any atom is 0.211 e. The monoisotopic (exact) mass is 314 g/mol. The average molecular weight is 314 g/mol. The van der Waals surface area contributed by atoms with E-state index < -0.39 is 10.0 Å². The summed E-state index contributed by atoms with van der Waals surface area (Å²) >= 11 is 0. The summed E-state index contributed by atoms with van der Waals surface area (Å²) in [5, 5.41) is 9.82. The van der Waals surface area contributed by atoms with Crippen LogP contribution < -0.4 is 0 Å². The van der Waals surface area contributed by atoms with Crippen LogP contribution in [0.25, 0.3) is 0 Å². The molecule has 118 valence electrons. The Hall–Kier alpha value is -0.890. The van der Waals surface area contributed by atoms with Gasteiger partial charge in [0.25, 0.3) is 0 Å². The molecule has 21 heavy (non-hydrogen) atoms. The Morgan fingerprint density at radius 2 is 2.29 bits per heavy atom. The van der Waals surface area contributed by atoms with Gasteiger partial charge in [0, 0.05) is 25.0 Å². The molecule has 7 heteroatoms. The van der Waals surface area contributed by atoms with Gasteiger partial charge in [0.15, 0.2) is 0 Å². The van der Waals surface area contributed by atoms with Gasteiger partial charge >= 0.3 is 0 Å². The molecule has 0 aromatic carbocycles. The molecule has 0 radical (unpaired) electrons. The molecule has 2 aliphatic heterocycles. The van der Waals surface area contributed by atoms with Crippen LogP contribution in [0.15, 0.2) is 22.8 Å². The largest absolute Gasteiger partial charge is 0.468 e. The minimum absolute atomic E-state index is 0.0538. The first-order chi connectivity index (χ1) is 9.93. The van der Waals surface area contributed by atoms with Crippen LogP contribution in [0.2, 0.25) is 0 Å². The summed E-state index contributed by atoms with van der Waals surface area (Å²) in [6.45, 7) is 3.40. The van der Waals surface area contributed by atoms with Crippen molar-refractivity contribution in [2.24, 2.45) is 11.3 Å². The number of fused-ring (bicyclic) bond motifs is 1. The van der Waals surface area contributed by atoms with E-state index in [-0.39, 0.29) is 17.9 Å². The molecule has 3 rings (SSSR count). The first kappa shape index (κ1) is 15.0. The summed E-state index contributed by atoms with van der Waals surface area (Å²) in [5.74, 6) is 1.10. The minimum atomic E-state index is -3.19. The maximum atomic E-state index is 11.8. The Morgan fingerprint density at radius 1 is 1.48 bits per heavy atom. The topological polar surface area (TPSA) is 74.0 Å². The van der Waals surface area contributed by atoms with Gasteiger partial charge in [-0.15, -0.1) is 0 Å². The lowest BCUT2D eigenvalue weighted by molar-refractivity contribution is 0.0149. The average Bonchev–Trinajstić information content (AvgIpc) is 3.05. The minimum Gasteiger partial charge on any atom is -0.468 e. The zero-order valence-corrected chi connectivity index (χ0v) is 13.1. The fourth-order valence-electron chi connectivity index (χ4n) is 3.58. The van der Waals surface area contributed by atoms with Gasteiger partial charge in [0.05, 0.1) is 25.7 Å². The second-order valence-electron chi connectivity index (χ2n) is 6.34. The molecule has 2 fully saturated rings. The van der Waals surface area contributed by atoms with E-state index in [1.54, 1.807) is 6.26 Å². The van der Waals surface area contributed by atoms with Crippen LogP contribution in [0.3, 0.4) is 0 Å². The van der Waals surface area contributed by atoms with Gasteiger partial charge in [0.2, 0.25) is 10.0 Å². The van der Waals surface area contributed by atoms with Gasteiger partial charge in [0.1, 0.15) is 5.76 Å². The molecule has 0 bridgehead atoms.